The Balaban J connectivity index is 1.99. The van der Waals surface area contributed by atoms with Crippen LogP contribution in [0.4, 0.5) is 5.69 Å². The summed E-state index contributed by atoms with van der Waals surface area (Å²) < 4.78 is 15.5. The molecule has 0 saturated heterocycles. The molecule has 0 N–H and O–H groups in total. The van der Waals surface area contributed by atoms with E-state index in [4.69, 9.17) is 14.2 Å². The number of para-hydroxylation sites is 1. The van der Waals surface area contributed by atoms with Crippen molar-refractivity contribution in [1.82, 2.24) is 0 Å². The van der Waals surface area contributed by atoms with Crippen LogP contribution in [0, 0.1) is 0 Å². The molecule has 3 aliphatic rings. The van der Waals surface area contributed by atoms with Gasteiger partial charge in [0, 0.05) is 12.0 Å². The fourth-order valence-electron chi connectivity index (χ4n) is 5.14. The fraction of sp³-hybridized carbons (Fsp3) is 0.192. The van der Waals surface area contributed by atoms with E-state index in [1.807, 2.05) is 65.6 Å². The molecule has 2 aromatic rings. The Kier molecular flexibility index (Phi) is 4.70. The zero-order valence-electron chi connectivity index (χ0n) is 18.4. The summed E-state index contributed by atoms with van der Waals surface area (Å²) in [6.07, 6.45) is 3.94. The van der Waals surface area contributed by atoms with Crippen LogP contribution in [0.15, 0.2) is 71.5 Å². The van der Waals surface area contributed by atoms with Gasteiger partial charge in [-0.2, -0.15) is 0 Å². The molecule has 166 valence electrons. The molecule has 0 spiro atoms. The van der Waals surface area contributed by atoms with Crippen molar-refractivity contribution >= 4 is 35.2 Å². The van der Waals surface area contributed by atoms with Gasteiger partial charge in [-0.3, -0.25) is 0 Å². The third kappa shape index (κ3) is 2.65. The van der Waals surface area contributed by atoms with Crippen molar-refractivity contribution in [2.45, 2.75) is 12.0 Å². The molecule has 0 radical (unpaired) electrons. The maximum absolute atomic E-state index is 13.5. The highest BCUT2D eigenvalue weighted by molar-refractivity contribution is 6.21. The second kappa shape index (κ2) is 7.48. The first-order chi connectivity index (χ1) is 16.0. The van der Waals surface area contributed by atoms with Crippen LogP contribution in [0.5, 0.6) is 0 Å². The molecule has 0 saturated carbocycles. The third-order valence-corrected chi connectivity index (χ3v) is 6.40. The van der Waals surface area contributed by atoms with E-state index in [1.165, 1.54) is 21.3 Å². The second-order valence-electron chi connectivity index (χ2n) is 7.91. The van der Waals surface area contributed by atoms with Crippen LogP contribution in [-0.4, -0.2) is 44.8 Å². The molecule has 1 unspecified atom stereocenters. The lowest BCUT2D eigenvalue weighted by atomic mass is 9.75. The maximum atomic E-state index is 13.5. The Bertz CT molecular complexity index is 1300. The van der Waals surface area contributed by atoms with E-state index >= 15 is 0 Å². The van der Waals surface area contributed by atoms with E-state index < -0.39 is 23.4 Å². The molecular formula is C26H21NO6. The number of anilines is 1. The number of nitrogens with zero attached hydrogens (tertiary/aromatic N) is 1. The van der Waals surface area contributed by atoms with Crippen molar-refractivity contribution in [2.24, 2.45) is 0 Å². The number of carbonyl (C=O) groups excluding carboxylic acids is 3. The number of hydrogen-bond donors (Lipinski definition) is 0. The Labute approximate surface area is 190 Å². The summed E-state index contributed by atoms with van der Waals surface area (Å²) in [6.45, 7) is 0. The highest BCUT2D eigenvalue weighted by Crippen LogP contribution is 2.56. The average molecular weight is 443 g/mol. The van der Waals surface area contributed by atoms with Gasteiger partial charge in [0.2, 0.25) is 0 Å². The van der Waals surface area contributed by atoms with Gasteiger partial charge in [-0.05, 0) is 22.8 Å². The number of rotatable bonds is 4. The van der Waals surface area contributed by atoms with E-state index in [1.54, 1.807) is 0 Å². The van der Waals surface area contributed by atoms with Crippen molar-refractivity contribution in [3.8, 4) is 0 Å². The Morgan fingerprint density at radius 2 is 1.58 bits per heavy atom. The molecule has 0 aromatic heterocycles. The number of hydrogen-bond acceptors (Lipinski definition) is 7. The van der Waals surface area contributed by atoms with Gasteiger partial charge in [-0.1, -0.05) is 54.6 Å². The van der Waals surface area contributed by atoms with Crippen LogP contribution >= 0.6 is 0 Å². The minimum atomic E-state index is -1.61. The molecule has 0 amide bonds. The first-order valence-electron chi connectivity index (χ1n) is 10.4. The molecule has 1 atom stereocenters. The lowest BCUT2D eigenvalue weighted by Gasteiger charge is -2.45. The monoisotopic (exact) mass is 443 g/mol. The third-order valence-electron chi connectivity index (χ3n) is 6.40. The Morgan fingerprint density at radius 1 is 0.848 bits per heavy atom. The quantitative estimate of drug-likeness (QED) is 0.531. The number of carbonyl (C=O) groups is 3. The summed E-state index contributed by atoms with van der Waals surface area (Å²) in [5.74, 6) is -2.19. The normalized spacial score (nSPS) is 19.9. The summed E-state index contributed by atoms with van der Waals surface area (Å²) in [4.78, 5) is 42.0. The van der Waals surface area contributed by atoms with Crippen molar-refractivity contribution < 1.29 is 28.6 Å². The first kappa shape index (κ1) is 20.8. The molecule has 33 heavy (non-hydrogen) atoms. The summed E-state index contributed by atoms with van der Waals surface area (Å²) in [6, 6.07) is 15.0. The average Bonchev–Trinajstić information content (AvgIpc) is 3.22. The predicted molar refractivity (Wildman–Crippen MR) is 121 cm³/mol. The second-order valence-corrected chi connectivity index (χ2v) is 7.91. The number of methoxy groups -OCH3 is 3. The van der Waals surface area contributed by atoms with Gasteiger partial charge in [0.05, 0.1) is 43.9 Å². The smallest absolute Gasteiger partial charge is 0.339 e. The zero-order valence-corrected chi connectivity index (χ0v) is 18.4. The molecule has 7 nitrogen and oxygen atoms in total. The number of benzene rings is 2. The van der Waals surface area contributed by atoms with Crippen molar-refractivity contribution in [1.29, 1.82) is 0 Å². The van der Waals surface area contributed by atoms with E-state index in [0.717, 1.165) is 16.8 Å². The SMILES string of the molecule is COC(=O)C1=C(C(=O)OC)C2(C(=O)OC)Cc3cccc4c3N2C(=C1c1ccccc1)C=C4. The van der Waals surface area contributed by atoms with Crippen molar-refractivity contribution in [3.05, 3.63) is 88.1 Å². The van der Waals surface area contributed by atoms with Gasteiger partial charge in [-0.15, -0.1) is 0 Å². The minimum Gasteiger partial charge on any atom is -0.467 e. The molecule has 0 aliphatic carbocycles. The summed E-state index contributed by atoms with van der Waals surface area (Å²) in [5.41, 5.74) is 2.65. The maximum Gasteiger partial charge on any atom is 0.339 e. The molecule has 3 heterocycles. The number of ether oxygens (including phenoxy) is 3. The summed E-state index contributed by atoms with van der Waals surface area (Å²) in [7, 11) is 3.73. The van der Waals surface area contributed by atoms with E-state index in [9.17, 15) is 14.4 Å². The fourth-order valence-corrected chi connectivity index (χ4v) is 5.14. The van der Waals surface area contributed by atoms with Gasteiger partial charge in [0.25, 0.3) is 0 Å². The molecule has 5 rings (SSSR count). The van der Waals surface area contributed by atoms with Gasteiger partial charge in [-0.25, -0.2) is 14.4 Å². The van der Waals surface area contributed by atoms with Crippen molar-refractivity contribution in [2.75, 3.05) is 26.2 Å². The first-order valence-corrected chi connectivity index (χ1v) is 10.4. The predicted octanol–water partition coefficient (Wildman–Crippen LogP) is 3.06. The molecule has 0 fully saturated rings. The van der Waals surface area contributed by atoms with E-state index in [2.05, 4.69) is 0 Å². The lowest BCUT2D eigenvalue weighted by molar-refractivity contribution is -0.149. The standard InChI is InChI=1S/C26H21NO6/c1-31-23(28)20-19(15-8-5-4-6-9-15)18-13-12-16-10-7-11-17-14-26(25(30)33-3,27(18)22(16)17)21(20)24(29)32-2/h4-13H,14H2,1-3H3. The van der Waals surface area contributed by atoms with Crippen molar-refractivity contribution in [3.63, 3.8) is 0 Å². The highest BCUT2D eigenvalue weighted by atomic mass is 16.5. The Hall–Kier alpha value is -4.13. The lowest BCUT2D eigenvalue weighted by Crippen LogP contribution is -2.59. The number of allylic oxidation sites excluding steroid dienone is 1. The van der Waals surface area contributed by atoms with Crippen LogP contribution in [-0.2, 0) is 35.0 Å². The minimum absolute atomic E-state index is 0.00638. The zero-order chi connectivity index (χ0) is 23.3. The largest absolute Gasteiger partial charge is 0.467 e. The topological polar surface area (TPSA) is 82.1 Å². The van der Waals surface area contributed by atoms with Gasteiger partial charge in [0.1, 0.15) is 0 Å². The summed E-state index contributed by atoms with van der Waals surface area (Å²) >= 11 is 0. The van der Waals surface area contributed by atoms with E-state index in [-0.39, 0.29) is 17.6 Å². The molecule has 3 aliphatic heterocycles. The molecule has 0 bridgehead atoms. The van der Waals surface area contributed by atoms with Crippen LogP contribution in [0.3, 0.4) is 0 Å². The summed E-state index contributed by atoms with van der Waals surface area (Å²) in [5, 5.41) is 0. The van der Waals surface area contributed by atoms with Gasteiger partial charge in [0.15, 0.2) is 5.54 Å². The van der Waals surface area contributed by atoms with Crippen LogP contribution in [0.1, 0.15) is 16.7 Å². The van der Waals surface area contributed by atoms with Crippen LogP contribution in [0.25, 0.3) is 11.6 Å². The van der Waals surface area contributed by atoms with E-state index in [0.29, 0.717) is 16.8 Å². The van der Waals surface area contributed by atoms with Crippen LogP contribution in [0.2, 0.25) is 0 Å². The Morgan fingerprint density at radius 3 is 2.24 bits per heavy atom. The van der Waals surface area contributed by atoms with Crippen LogP contribution < -0.4 is 4.90 Å². The van der Waals surface area contributed by atoms with Gasteiger partial charge < -0.3 is 19.1 Å². The number of esters is 3. The molecular weight excluding hydrogens is 422 g/mol. The van der Waals surface area contributed by atoms with Gasteiger partial charge >= 0.3 is 17.9 Å². The molecule has 2 aromatic carbocycles. The molecule has 7 heteroatoms. The highest BCUT2D eigenvalue weighted by Gasteiger charge is 2.62.